The molecule has 7 heteroatoms. The number of aliphatic imine (C=N–C) groups is 1. The van der Waals surface area contributed by atoms with Crippen LogP contribution in [0.4, 0.5) is 4.39 Å². The number of benzene rings is 2. The predicted molar refractivity (Wildman–Crippen MR) is 112 cm³/mol. The molecule has 1 fully saturated rings. The fourth-order valence-corrected chi connectivity index (χ4v) is 3.20. The van der Waals surface area contributed by atoms with E-state index in [1.54, 1.807) is 18.2 Å². The topological polar surface area (TPSA) is 85.8 Å². The summed E-state index contributed by atoms with van der Waals surface area (Å²) in [6.45, 7) is 4.13. The summed E-state index contributed by atoms with van der Waals surface area (Å²) in [6.07, 6.45) is 1.86. The molecule has 1 amide bonds. The number of phenolic OH excluding ortho intramolecular Hbond substituents is 1. The number of rotatable bonds is 8. The highest BCUT2D eigenvalue weighted by atomic mass is 19.1. The van der Waals surface area contributed by atoms with Gasteiger partial charge in [0.15, 0.2) is 5.96 Å². The van der Waals surface area contributed by atoms with Crippen LogP contribution in [-0.4, -0.2) is 43.2 Å². The number of nitrogens with zero attached hydrogens (tertiary/aromatic N) is 1. The number of phenols is 1. The molecule has 1 aliphatic carbocycles. The first kappa shape index (κ1) is 20.6. The Hall–Kier alpha value is -3.09. The Kier molecular flexibility index (Phi) is 6.69. The molecule has 0 saturated heterocycles. The Labute approximate surface area is 170 Å². The van der Waals surface area contributed by atoms with Gasteiger partial charge in [0.2, 0.25) is 0 Å². The Bertz CT molecular complexity index is 863. The second-order valence-corrected chi connectivity index (χ2v) is 7.18. The molecule has 0 unspecified atom stereocenters. The first-order valence-electron chi connectivity index (χ1n) is 9.88. The van der Waals surface area contributed by atoms with Crippen LogP contribution in [0.1, 0.15) is 35.7 Å². The van der Waals surface area contributed by atoms with Crippen LogP contribution in [0.3, 0.4) is 0 Å². The van der Waals surface area contributed by atoms with Gasteiger partial charge < -0.3 is 21.1 Å². The molecule has 0 heterocycles. The van der Waals surface area contributed by atoms with E-state index < -0.39 is 0 Å². The standard InChI is InChI=1S/C22H27FN4O2/c1-2-24-21(26-14-13-25-20(29)16-7-9-17(28)10-8-16)27-15-22(11-12-22)18-5-3-4-6-19(18)23/h3-10,28H,2,11-15H2,1H3,(H,25,29)(H2,24,26,27). The van der Waals surface area contributed by atoms with E-state index in [1.807, 2.05) is 19.1 Å². The number of aromatic hydroxyl groups is 1. The third-order valence-corrected chi connectivity index (χ3v) is 5.02. The van der Waals surface area contributed by atoms with Gasteiger partial charge in [-0.2, -0.15) is 0 Å². The van der Waals surface area contributed by atoms with Crippen molar-refractivity contribution in [3.05, 3.63) is 65.5 Å². The van der Waals surface area contributed by atoms with Crippen molar-refractivity contribution >= 4 is 11.9 Å². The molecule has 1 aliphatic rings. The first-order valence-corrected chi connectivity index (χ1v) is 9.88. The molecule has 2 aromatic carbocycles. The van der Waals surface area contributed by atoms with Gasteiger partial charge in [-0.3, -0.25) is 9.79 Å². The average Bonchev–Trinajstić information content (AvgIpc) is 3.51. The van der Waals surface area contributed by atoms with E-state index >= 15 is 0 Å². The van der Waals surface area contributed by atoms with E-state index in [9.17, 15) is 14.3 Å². The van der Waals surface area contributed by atoms with E-state index in [0.717, 1.165) is 18.4 Å². The highest BCUT2D eigenvalue weighted by molar-refractivity contribution is 5.94. The van der Waals surface area contributed by atoms with Gasteiger partial charge in [0.25, 0.3) is 5.91 Å². The lowest BCUT2D eigenvalue weighted by molar-refractivity contribution is 0.0954. The molecular formula is C22H27FN4O2. The Balaban J connectivity index is 1.50. The molecule has 6 nitrogen and oxygen atoms in total. The Morgan fingerprint density at radius 2 is 1.76 bits per heavy atom. The second kappa shape index (κ2) is 9.41. The zero-order chi connectivity index (χ0) is 20.7. The van der Waals surface area contributed by atoms with Crippen LogP contribution in [0, 0.1) is 5.82 Å². The van der Waals surface area contributed by atoms with Crippen molar-refractivity contribution < 1.29 is 14.3 Å². The maximum Gasteiger partial charge on any atom is 0.251 e. The highest BCUT2D eigenvalue weighted by Crippen LogP contribution is 2.49. The molecule has 4 N–H and O–H groups in total. The SMILES string of the molecule is CCNC(=NCC1(c2ccccc2F)CC1)NCCNC(=O)c1ccc(O)cc1. The minimum absolute atomic E-state index is 0.124. The Morgan fingerprint density at radius 3 is 2.41 bits per heavy atom. The van der Waals surface area contributed by atoms with Crippen molar-refractivity contribution in [2.45, 2.75) is 25.2 Å². The minimum atomic E-state index is -0.208. The van der Waals surface area contributed by atoms with Crippen LogP contribution in [0.25, 0.3) is 0 Å². The molecule has 1 saturated carbocycles. The van der Waals surface area contributed by atoms with Gasteiger partial charge >= 0.3 is 0 Å². The molecule has 0 spiro atoms. The molecular weight excluding hydrogens is 371 g/mol. The summed E-state index contributed by atoms with van der Waals surface area (Å²) >= 11 is 0. The summed E-state index contributed by atoms with van der Waals surface area (Å²) in [5.41, 5.74) is 1.02. The smallest absolute Gasteiger partial charge is 0.251 e. The van der Waals surface area contributed by atoms with Crippen LogP contribution < -0.4 is 16.0 Å². The monoisotopic (exact) mass is 398 g/mol. The summed E-state index contributed by atoms with van der Waals surface area (Å²) in [5, 5.41) is 18.5. The van der Waals surface area contributed by atoms with Crippen LogP contribution in [-0.2, 0) is 5.41 Å². The second-order valence-electron chi connectivity index (χ2n) is 7.18. The molecule has 3 rings (SSSR count). The summed E-state index contributed by atoms with van der Waals surface area (Å²) in [6, 6.07) is 13.0. The molecule has 0 aromatic heterocycles. The molecule has 0 radical (unpaired) electrons. The van der Waals surface area contributed by atoms with Crippen molar-refractivity contribution in [2.75, 3.05) is 26.2 Å². The van der Waals surface area contributed by atoms with Crippen LogP contribution in [0.5, 0.6) is 5.75 Å². The maximum absolute atomic E-state index is 14.2. The van der Waals surface area contributed by atoms with Crippen LogP contribution in [0.15, 0.2) is 53.5 Å². The third kappa shape index (κ3) is 5.47. The lowest BCUT2D eigenvalue weighted by Crippen LogP contribution is -2.42. The van der Waals surface area contributed by atoms with Crippen molar-refractivity contribution in [2.24, 2.45) is 4.99 Å². The number of guanidine groups is 1. The number of halogens is 1. The molecule has 154 valence electrons. The Morgan fingerprint density at radius 1 is 1.07 bits per heavy atom. The van der Waals surface area contributed by atoms with E-state index in [1.165, 1.54) is 18.2 Å². The number of hydrogen-bond donors (Lipinski definition) is 4. The highest BCUT2D eigenvalue weighted by Gasteiger charge is 2.45. The zero-order valence-electron chi connectivity index (χ0n) is 16.5. The lowest BCUT2D eigenvalue weighted by atomic mass is 9.95. The number of hydrogen-bond acceptors (Lipinski definition) is 3. The number of carbonyl (C=O) groups excluding carboxylic acids is 1. The number of carbonyl (C=O) groups is 1. The van der Waals surface area contributed by atoms with Gasteiger partial charge in [0, 0.05) is 30.6 Å². The summed E-state index contributed by atoms with van der Waals surface area (Å²) in [5.74, 6) is 0.396. The summed E-state index contributed by atoms with van der Waals surface area (Å²) < 4.78 is 14.2. The van der Waals surface area contributed by atoms with Gasteiger partial charge in [0.05, 0.1) is 6.54 Å². The largest absolute Gasteiger partial charge is 0.508 e. The number of amides is 1. The van der Waals surface area contributed by atoms with Crippen molar-refractivity contribution in [1.82, 2.24) is 16.0 Å². The van der Waals surface area contributed by atoms with Gasteiger partial charge in [-0.05, 0) is 55.7 Å². The van der Waals surface area contributed by atoms with E-state index in [0.29, 0.717) is 37.7 Å². The minimum Gasteiger partial charge on any atom is -0.508 e. The fourth-order valence-electron chi connectivity index (χ4n) is 3.20. The van der Waals surface area contributed by atoms with E-state index in [2.05, 4.69) is 20.9 Å². The van der Waals surface area contributed by atoms with Crippen molar-refractivity contribution in [3.8, 4) is 5.75 Å². The third-order valence-electron chi connectivity index (χ3n) is 5.02. The normalized spacial score (nSPS) is 14.9. The van der Waals surface area contributed by atoms with Gasteiger partial charge in [-0.25, -0.2) is 4.39 Å². The fraction of sp³-hybridized carbons (Fsp3) is 0.364. The molecule has 0 aliphatic heterocycles. The maximum atomic E-state index is 14.2. The van der Waals surface area contributed by atoms with Crippen LogP contribution >= 0.6 is 0 Å². The predicted octanol–water partition coefficient (Wildman–Crippen LogP) is 2.55. The van der Waals surface area contributed by atoms with Gasteiger partial charge in [0.1, 0.15) is 11.6 Å². The van der Waals surface area contributed by atoms with E-state index in [4.69, 9.17) is 0 Å². The molecule has 2 aromatic rings. The van der Waals surface area contributed by atoms with Crippen molar-refractivity contribution in [3.63, 3.8) is 0 Å². The number of nitrogens with one attached hydrogen (secondary N) is 3. The first-order chi connectivity index (χ1) is 14.0. The lowest BCUT2D eigenvalue weighted by Gasteiger charge is -2.16. The quantitative estimate of drug-likeness (QED) is 0.313. The van der Waals surface area contributed by atoms with Gasteiger partial charge in [-0.15, -0.1) is 0 Å². The average molecular weight is 398 g/mol. The van der Waals surface area contributed by atoms with Crippen molar-refractivity contribution in [1.29, 1.82) is 0 Å². The van der Waals surface area contributed by atoms with Gasteiger partial charge in [-0.1, -0.05) is 18.2 Å². The molecule has 0 bridgehead atoms. The summed E-state index contributed by atoms with van der Waals surface area (Å²) in [7, 11) is 0. The molecule has 0 atom stereocenters. The van der Waals surface area contributed by atoms with Crippen LogP contribution in [0.2, 0.25) is 0 Å². The zero-order valence-corrected chi connectivity index (χ0v) is 16.5. The van der Waals surface area contributed by atoms with E-state index in [-0.39, 0.29) is 22.9 Å². The molecule has 29 heavy (non-hydrogen) atoms. The summed E-state index contributed by atoms with van der Waals surface area (Å²) in [4.78, 5) is 16.7.